The van der Waals surface area contributed by atoms with Gasteiger partial charge in [-0.1, -0.05) is 24.3 Å². The number of benzene rings is 2. The van der Waals surface area contributed by atoms with E-state index in [0.29, 0.717) is 15.6 Å². The number of hydrogen-bond acceptors (Lipinski definition) is 4. The lowest BCUT2D eigenvalue weighted by Gasteiger charge is -2.08. The number of nitrogens with zero attached hydrogens (tertiary/aromatic N) is 2. The van der Waals surface area contributed by atoms with Gasteiger partial charge in [-0.25, -0.2) is 14.2 Å². The first kappa shape index (κ1) is 16.9. The molecule has 25 heavy (non-hydrogen) atoms. The Morgan fingerprint density at radius 2 is 2.00 bits per heavy atom. The summed E-state index contributed by atoms with van der Waals surface area (Å²) >= 11 is 1.11. The van der Waals surface area contributed by atoms with E-state index in [2.05, 4.69) is 4.99 Å². The second kappa shape index (κ2) is 6.90. The Morgan fingerprint density at radius 1 is 1.24 bits per heavy atom. The number of aromatic carboxylic acids is 1. The molecular formula is C18H13FN2O3S. The van der Waals surface area contributed by atoms with Crippen LogP contribution in [0, 0.1) is 5.82 Å². The smallest absolute Gasteiger partial charge is 0.337 e. The van der Waals surface area contributed by atoms with E-state index in [9.17, 15) is 19.1 Å². The van der Waals surface area contributed by atoms with Gasteiger partial charge < -0.3 is 5.11 Å². The normalized spacial score (nSPS) is 17.5. The van der Waals surface area contributed by atoms with E-state index in [1.807, 2.05) is 0 Å². The van der Waals surface area contributed by atoms with Crippen LogP contribution in [-0.2, 0) is 4.79 Å². The maximum Gasteiger partial charge on any atom is 0.337 e. The van der Waals surface area contributed by atoms with Gasteiger partial charge in [-0.15, -0.1) is 0 Å². The van der Waals surface area contributed by atoms with Gasteiger partial charge in [-0.05, 0) is 47.7 Å². The number of amides is 1. The molecule has 0 bridgehead atoms. The fourth-order valence-corrected chi connectivity index (χ4v) is 3.23. The molecule has 2 aromatic carbocycles. The number of carbonyl (C=O) groups excluding carboxylic acids is 1. The van der Waals surface area contributed by atoms with Crippen molar-refractivity contribution >= 4 is 40.6 Å². The molecule has 5 nitrogen and oxygen atoms in total. The van der Waals surface area contributed by atoms with Gasteiger partial charge in [-0.3, -0.25) is 9.69 Å². The Kier molecular flexibility index (Phi) is 4.67. The van der Waals surface area contributed by atoms with E-state index in [4.69, 9.17) is 0 Å². The zero-order valence-electron chi connectivity index (χ0n) is 13.1. The van der Waals surface area contributed by atoms with Crippen molar-refractivity contribution in [2.45, 2.75) is 0 Å². The lowest BCUT2D eigenvalue weighted by molar-refractivity contribution is -0.121. The summed E-state index contributed by atoms with van der Waals surface area (Å²) in [5, 5.41) is 9.59. The minimum absolute atomic E-state index is 0.0546. The van der Waals surface area contributed by atoms with Gasteiger partial charge in [-0.2, -0.15) is 0 Å². The molecule has 1 saturated heterocycles. The summed E-state index contributed by atoms with van der Waals surface area (Å²) in [5.74, 6) is -1.75. The van der Waals surface area contributed by atoms with E-state index in [-0.39, 0.29) is 23.0 Å². The van der Waals surface area contributed by atoms with E-state index >= 15 is 0 Å². The SMILES string of the molecule is CN1C(=O)/C(=C/c2cccc(F)c2)SC1=Nc1ccccc1C(=O)O. The average Bonchev–Trinajstić information content (AvgIpc) is 2.83. The van der Waals surface area contributed by atoms with E-state index in [1.54, 1.807) is 43.5 Å². The predicted octanol–water partition coefficient (Wildman–Crippen LogP) is 3.76. The van der Waals surface area contributed by atoms with E-state index in [0.717, 1.165) is 11.8 Å². The Labute approximate surface area is 147 Å². The largest absolute Gasteiger partial charge is 0.478 e. The fraction of sp³-hybridized carbons (Fsp3) is 0.0556. The lowest BCUT2D eigenvalue weighted by Crippen LogP contribution is -2.23. The summed E-state index contributed by atoms with van der Waals surface area (Å²) in [5.41, 5.74) is 0.889. The van der Waals surface area contributed by atoms with Crippen molar-refractivity contribution in [2.24, 2.45) is 4.99 Å². The van der Waals surface area contributed by atoms with Gasteiger partial charge in [0.05, 0.1) is 16.2 Å². The number of halogens is 1. The molecule has 0 unspecified atom stereocenters. The standard InChI is InChI=1S/C18H13FN2O3S/c1-21-16(22)15(10-11-5-4-6-12(19)9-11)25-18(21)20-14-8-3-2-7-13(14)17(23)24/h2-10H,1H3,(H,23,24)/b15-10-,20-18?. The van der Waals surface area contributed by atoms with Gasteiger partial charge in [0.2, 0.25) is 0 Å². The predicted molar refractivity (Wildman–Crippen MR) is 95.2 cm³/mol. The molecule has 0 aromatic heterocycles. The number of hydrogen-bond donors (Lipinski definition) is 1. The molecule has 1 heterocycles. The third kappa shape index (κ3) is 3.61. The first-order valence-corrected chi connectivity index (χ1v) is 8.11. The number of carboxylic acids is 1. The molecular weight excluding hydrogens is 343 g/mol. The van der Waals surface area contributed by atoms with Crippen molar-refractivity contribution in [1.29, 1.82) is 0 Å². The summed E-state index contributed by atoms with van der Waals surface area (Å²) in [6.45, 7) is 0. The minimum Gasteiger partial charge on any atom is -0.478 e. The highest BCUT2D eigenvalue weighted by Crippen LogP contribution is 2.33. The van der Waals surface area contributed by atoms with Crippen LogP contribution in [-0.4, -0.2) is 34.1 Å². The summed E-state index contributed by atoms with van der Waals surface area (Å²) < 4.78 is 13.3. The third-order valence-electron chi connectivity index (χ3n) is 3.50. The number of thioether (sulfide) groups is 1. The van der Waals surface area contributed by atoms with Crippen LogP contribution in [0.2, 0.25) is 0 Å². The quantitative estimate of drug-likeness (QED) is 0.850. The molecule has 126 valence electrons. The van der Waals surface area contributed by atoms with Crippen LogP contribution in [0.25, 0.3) is 6.08 Å². The number of carbonyl (C=O) groups is 2. The molecule has 3 rings (SSSR count). The molecule has 1 fully saturated rings. The Morgan fingerprint density at radius 3 is 2.72 bits per heavy atom. The van der Waals surface area contributed by atoms with Crippen molar-refractivity contribution in [3.63, 3.8) is 0 Å². The molecule has 1 N–H and O–H groups in total. The molecule has 7 heteroatoms. The zero-order chi connectivity index (χ0) is 18.0. The average molecular weight is 356 g/mol. The number of para-hydroxylation sites is 1. The van der Waals surface area contributed by atoms with Crippen LogP contribution in [0.5, 0.6) is 0 Å². The van der Waals surface area contributed by atoms with Crippen molar-refractivity contribution in [3.8, 4) is 0 Å². The lowest BCUT2D eigenvalue weighted by atomic mass is 10.2. The van der Waals surface area contributed by atoms with Crippen LogP contribution >= 0.6 is 11.8 Å². The minimum atomic E-state index is -1.09. The first-order chi connectivity index (χ1) is 12.0. The highest BCUT2D eigenvalue weighted by atomic mass is 32.2. The molecule has 1 aliphatic heterocycles. The van der Waals surface area contributed by atoms with E-state index < -0.39 is 5.97 Å². The number of likely N-dealkylation sites (N-methyl/N-ethyl adjacent to an activating group) is 1. The highest BCUT2D eigenvalue weighted by Gasteiger charge is 2.30. The van der Waals surface area contributed by atoms with Crippen LogP contribution in [0.4, 0.5) is 10.1 Å². The maximum absolute atomic E-state index is 13.3. The monoisotopic (exact) mass is 356 g/mol. The van der Waals surface area contributed by atoms with Crippen LogP contribution < -0.4 is 0 Å². The number of amidine groups is 1. The Balaban J connectivity index is 1.95. The van der Waals surface area contributed by atoms with Gasteiger partial charge in [0.25, 0.3) is 5.91 Å². The number of aliphatic imine (C=N–C) groups is 1. The highest BCUT2D eigenvalue weighted by molar-refractivity contribution is 8.18. The summed E-state index contributed by atoms with van der Waals surface area (Å²) in [7, 11) is 1.56. The molecule has 0 spiro atoms. The number of rotatable bonds is 3. The van der Waals surface area contributed by atoms with Crippen LogP contribution in [0.15, 0.2) is 58.4 Å². The topological polar surface area (TPSA) is 70.0 Å². The molecule has 0 saturated carbocycles. The summed E-state index contributed by atoms with van der Waals surface area (Å²) in [4.78, 5) is 29.7. The van der Waals surface area contributed by atoms with Gasteiger partial charge in [0.15, 0.2) is 5.17 Å². The third-order valence-corrected chi connectivity index (χ3v) is 4.56. The fourth-order valence-electron chi connectivity index (χ4n) is 2.25. The molecule has 1 aliphatic rings. The van der Waals surface area contributed by atoms with Gasteiger partial charge >= 0.3 is 5.97 Å². The molecule has 2 aromatic rings. The molecule has 1 amide bonds. The van der Waals surface area contributed by atoms with E-state index in [1.165, 1.54) is 23.1 Å². The summed E-state index contributed by atoms with van der Waals surface area (Å²) in [6, 6.07) is 12.2. The van der Waals surface area contributed by atoms with Gasteiger partial charge in [0, 0.05) is 7.05 Å². The van der Waals surface area contributed by atoms with Crippen LogP contribution in [0.3, 0.4) is 0 Å². The second-order valence-corrected chi connectivity index (χ2v) is 6.26. The van der Waals surface area contributed by atoms with Gasteiger partial charge in [0.1, 0.15) is 5.82 Å². The molecule has 0 aliphatic carbocycles. The maximum atomic E-state index is 13.3. The van der Waals surface area contributed by atoms with Crippen molar-refractivity contribution < 1.29 is 19.1 Å². The van der Waals surface area contributed by atoms with Crippen molar-refractivity contribution in [3.05, 3.63) is 70.4 Å². The van der Waals surface area contributed by atoms with Crippen LogP contribution in [0.1, 0.15) is 15.9 Å². The molecule has 0 atom stereocenters. The number of carboxylic acid groups (broad SMARTS) is 1. The van der Waals surface area contributed by atoms with Crippen molar-refractivity contribution in [1.82, 2.24) is 4.90 Å². The Hall–Kier alpha value is -2.93. The summed E-state index contributed by atoms with van der Waals surface area (Å²) in [6.07, 6.45) is 1.58. The second-order valence-electron chi connectivity index (χ2n) is 5.25. The zero-order valence-corrected chi connectivity index (χ0v) is 14.0. The molecule has 0 radical (unpaired) electrons. The van der Waals surface area contributed by atoms with Crippen molar-refractivity contribution in [2.75, 3.05) is 7.05 Å². The first-order valence-electron chi connectivity index (χ1n) is 7.30. The Bertz CT molecular complexity index is 924.